The van der Waals surface area contributed by atoms with E-state index in [4.69, 9.17) is 13.9 Å². The largest absolute Gasteiger partial charge is 0.456 e. The second-order valence-electron chi connectivity index (χ2n) is 9.09. The predicted octanol–water partition coefficient (Wildman–Crippen LogP) is 6.89. The molecule has 1 saturated heterocycles. The van der Waals surface area contributed by atoms with Gasteiger partial charge in [-0.05, 0) is 74.9 Å². The quantitative estimate of drug-likeness (QED) is 0.267. The lowest BCUT2D eigenvalue weighted by Gasteiger charge is -2.23. The van der Waals surface area contributed by atoms with Crippen molar-refractivity contribution in [3.8, 4) is 0 Å². The van der Waals surface area contributed by atoms with E-state index >= 15 is 0 Å². The van der Waals surface area contributed by atoms with Gasteiger partial charge in [0, 0.05) is 38.1 Å². The molecule has 1 fully saturated rings. The number of anilines is 1. The second kappa shape index (κ2) is 13.3. The molecule has 0 amide bonds. The highest BCUT2D eigenvalue weighted by atomic mass is 16.7. The summed E-state index contributed by atoms with van der Waals surface area (Å²) in [6, 6.07) is 17.4. The molecule has 2 aromatic carbocycles. The highest BCUT2D eigenvalue weighted by molar-refractivity contribution is 5.78. The van der Waals surface area contributed by atoms with E-state index in [9.17, 15) is 4.79 Å². The van der Waals surface area contributed by atoms with E-state index in [-0.39, 0.29) is 11.7 Å². The molecule has 0 bridgehead atoms. The van der Waals surface area contributed by atoms with Crippen molar-refractivity contribution in [2.24, 2.45) is 0 Å². The Morgan fingerprint density at radius 1 is 1.00 bits per heavy atom. The topological polar surface area (TPSA) is 51.9 Å². The Bertz CT molecular complexity index is 1130. The standard InChI is InChI=1S/C30H37NO4/c1-2-31(20-8-3-4-9-21-33-30-13-7-10-22-34-30)25-17-14-24(15-18-25)16-19-26-23-28(32)27-11-5-6-12-29(27)35-26/h5-6,11-12,14-19,23,30H,2-4,7-10,13,20-22H2,1H3. The molecule has 0 saturated carbocycles. The lowest BCUT2D eigenvalue weighted by molar-refractivity contribution is -0.162. The molecule has 186 valence electrons. The van der Waals surface area contributed by atoms with E-state index < -0.39 is 0 Å². The molecule has 1 aliphatic rings. The number of nitrogens with zero attached hydrogens (tertiary/aromatic N) is 1. The first-order valence-corrected chi connectivity index (χ1v) is 13.0. The number of hydrogen-bond acceptors (Lipinski definition) is 5. The molecule has 0 N–H and O–H groups in total. The molecule has 0 radical (unpaired) electrons. The van der Waals surface area contributed by atoms with E-state index in [1.807, 2.05) is 30.4 Å². The second-order valence-corrected chi connectivity index (χ2v) is 9.09. The molecule has 0 aliphatic carbocycles. The van der Waals surface area contributed by atoms with Crippen molar-refractivity contribution in [3.05, 3.63) is 76.1 Å². The van der Waals surface area contributed by atoms with Crippen LogP contribution >= 0.6 is 0 Å². The van der Waals surface area contributed by atoms with Gasteiger partial charge < -0.3 is 18.8 Å². The molecule has 1 aromatic heterocycles. The average Bonchev–Trinajstić information content (AvgIpc) is 2.90. The average molecular weight is 476 g/mol. The fourth-order valence-corrected chi connectivity index (χ4v) is 4.46. The molecule has 3 aromatic rings. The summed E-state index contributed by atoms with van der Waals surface area (Å²) in [6.45, 7) is 5.89. The van der Waals surface area contributed by atoms with Crippen LogP contribution in [0.25, 0.3) is 23.1 Å². The zero-order chi connectivity index (χ0) is 24.3. The Balaban J connectivity index is 1.21. The Hall–Kier alpha value is -2.89. The van der Waals surface area contributed by atoms with Crippen LogP contribution in [0.15, 0.2) is 63.8 Å². The first-order chi connectivity index (χ1) is 17.2. The van der Waals surface area contributed by atoms with Gasteiger partial charge in [-0.15, -0.1) is 0 Å². The summed E-state index contributed by atoms with van der Waals surface area (Å²) in [5.41, 5.74) is 2.90. The van der Waals surface area contributed by atoms with Crippen LogP contribution in [0.1, 0.15) is 63.2 Å². The minimum absolute atomic E-state index is 0.0220. The number of benzene rings is 2. The van der Waals surface area contributed by atoms with Gasteiger partial charge in [0.1, 0.15) is 11.3 Å². The summed E-state index contributed by atoms with van der Waals surface area (Å²) in [7, 11) is 0. The zero-order valence-electron chi connectivity index (χ0n) is 20.8. The summed E-state index contributed by atoms with van der Waals surface area (Å²) in [6.07, 6.45) is 12.0. The Kier molecular flexibility index (Phi) is 9.56. The van der Waals surface area contributed by atoms with E-state index in [2.05, 4.69) is 36.1 Å². The van der Waals surface area contributed by atoms with Crippen molar-refractivity contribution in [2.75, 3.05) is 31.2 Å². The van der Waals surface area contributed by atoms with Crippen molar-refractivity contribution < 1.29 is 13.9 Å². The third kappa shape index (κ3) is 7.55. The molecule has 5 nitrogen and oxygen atoms in total. The van der Waals surface area contributed by atoms with Gasteiger partial charge >= 0.3 is 0 Å². The highest BCUT2D eigenvalue weighted by Crippen LogP contribution is 2.19. The fraction of sp³-hybridized carbons (Fsp3) is 0.433. The van der Waals surface area contributed by atoms with Crippen molar-refractivity contribution in [2.45, 2.75) is 58.2 Å². The van der Waals surface area contributed by atoms with Crippen LogP contribution in [-0.2, 0) is 9.47 Å². The SMILES string of the molecule is CCN(CCCCCCOC1CCCCO1)c1ccc(C=Cc2cc(=O)c3ccccc3o2)cc1. The van der Waals surface area contributed by atoms with Crippen molar-refractivity contribution >= 4 is 28.8 Å². The smallest absolute Gasteiger partial charge is 0.193 e. The molecule has 4 rings (SSSR count). The normalized spacial score (nSPS) is 16.2. The number of para-hydroxylation sites is 1. The fourth-order valence-electron chi connectivity index (χ4n) is 4.46. The third-order valence-electron chi connectivity index (χ3n) is 6.50. The van der Waals surface area contributed by atoms with Gasteiger partial charge in [-0.2, -0.15) is 0 Å². The summed E-state index contributed by atoms with van der Waals surface area (Å²) in [4.78, 5) is 14.7. The molecule has 1 aliphatic heterocycles. The Morgan fingerprint density at radius 3 is 2.63 bits per heavy atom. The van der Waals surface area contributed by atoms with Crippen molar-refractivity contribution in [3.63, 3.8) is 0 Å². The van der Waals surface area contributed by atoms with E-state index in [1.165, 1.54) is 31.4 Å². The molecule has 35 heavy (non-hydrogen) atoms. The summed E-state index contributed by atoms with van der Waals surface area (Å²) >= 11 is 0. The van der Waals surface area contributed by atoms with Gasteiger partial charge in [0.15, 0.2) is 11.7 Å². The van der Waals surface area contributed by atoms with Crippen LogP contribution in [0.3, 0.4) is 0 Å². The van der Waals surface area contributed by atoms with E-state index in [1.54, 1.807) is 12.1 Å². The van der Waals surface area contributed by atoms with Gasteiger partial charge in [-0.3, -0.25) is 4.79 Å². The van der Waals surface area contributed by atoms with Crippen LogP contribution < -0.4 is 10.3 Å². The lowest BCUT2D eigenvalue weighted by Crippen LogP contribution is -2.24. The maximum Gasteiger partial charge on any atom is 0.193 e. The van der Waals surface area contributed by atoms with Gasteiger partial charge in [0.2, 0.25) is 0 Å². The number of unbranched alkanes of at least 4 members (excludes halogenated alkanes) is 3. The summed E-state index contributed by atoms with van der Waals surface area (Å²) in [5, 5.41) is 0.607. The van der Waals surface area contributed by atoms with E-state index in [0.717, 1.165) is 51.1 Å². The van der Waals surface area contributed by atoms with Crippen LogP contribution in [-0.4, -0.2) is 32.6 Å². The maximum absolute atomic E-state index is 12.3. The van der Waals surface area contributed by atoms with Crippen LogP contribution in [0.4, 0.5) is 5.69 Å². The summed E-state index contributed by atoms with van der Waals surface area (Å²) in [5.74, 6) is 0.560. The molecule has 1 atom stereocenters. The molecular formula is C30H37NO4. The molecule has 5 heteroatoms. The van der Waals surface area contributed by atoms with Crippen LogP contribution in [0.5, 0.6) is 0 Å². The van der Waals surface area contributed by atoms with Crippen molar-refractivity contribution in [1.29, 1.82) is 0 Å². The third-order valence-corrected chi connectivity index (χ3v) is 6.50. The van der Waals surface area contributed by atoms with Gasteiger partial charge in [0.25, 0.3) is 0 Å². The Labute approximate surface area is 208 Å². The molecule has 1 unspecified atom stereocenters. The molecule has 2 heterocycles. The predicted molar refractivity (Wildman–Crippen MR) is 144 cm³/mol. The number of rotatable bonds is 12. The first kappa shape index (κ1) is 25.2. The maximum atomic E-state index is 12.3. The molecule has 0 spiro atoms. The number of fused-ring (bicyclic) bond motifs is 1. The van der Waals surface area contributed by atoms with Gasteiger partial charge in [0.05, 0.1) is 5.39 Å². The monoisotopic (exact) mass is 475 g/mol. The van der Waals surface area contributed by atoms with Gasteiger partial charge in [-0.25, -0.2) is 0 Å². The van der Waals surface area contributed by atoms with Gasteiger partial charge in [-0.1, -0.05) is 43.2 Å². The van der Waals surface area contributed by atoms with Crippen molar-refractivity contribution in [1.82, 2.24) is 0 Å². The van der Waals surface area contributed by atoms with Crippen LogP contribution in [0.2, 0.25) is 0 Å². The zero-order valence-corrected chi connectivity index (χ0v) is 20.8. The highest BCUT2D eigenvalue weighted by Gasteiger charge is 2.13. The minimum atomic E-state index is -0.0220. The number of hydrogen-bond donors (Lipinski definition) is 0. The Morgan fingerprint density at radius 2 is 1.83 bits per heavy atom. The van der Waals surface area contributed by atoms with E-state index in [0.29, 0.717) is 16.7 Å². The molecular weight excluding hydrogens is 438 g/mol. The lowest BCUT2D eigenvalue weighted by atomic mass is 10.1. The van der Waals surface area contributed by atoms with Crippen LogP contribution in [0, 0.1) is 0 Å². The minimum Gasteiger partial charge on any atom is -0.456 e. The first-order valence-electron chi connectivity index (χ1n) is 13.0. The number of ether oxygens (including phenoxy) is 2. The summed E-state index contributed by atoms with van der Waals surface area (Å²) < 4.78 is 17.3.